The second kappa shape index (κ2) is 7.43. The molecule has 29 heavy (non-hydrogen) atoms. The number of nitrogens with zero attached hydrogens (tertiary/aromatic N) is 2. The molecule has 0 saturated carbocycles. The number of likely N-dealkylation sites (tertiary alicyclic amines) is 2. The molecular weight excluding hydrogens is 370 g/mol. The Kier molecular flexibility index (Phi) is 5.09. The van der Waals surface area contributed by atoms with Crippen LogP contribution in [0.4, 0.5) is 0 Å². The Morgan fingerprint density at radius 3 is 2.48 bits per heavy atom. The van der Waals surface area contributed by atoms with Gasteiger partial charge in [0.15, 0.2) is 5.78 Å². The highest BCUT2D eigenvalue weighted by Gasteiger charge is 2.35. The van der Waals surface area contributed by atoms with Crippen LogP contribution in [-0.4, -0.2) is 58.1 Å². The minimum absolute atomic E-state index is 0.0242. The summed E-state index contributed by atoms with van der Waals surface area (Å²) in [4.78, 5) is 56.7. The molecule has 2 saturated heterocycles. The summed E-state index contributed by atoms with van der Waals surface area (Å²) >= 11 is 0. The number of fused-ring (bicyclic) bond motifs is 1. The topological polar surface area (TPSA) is 90.6 Å². The molecule has 3 aliphatic rings. The number of pyridine rings is 1. The number of hydrogen-bond acceptors (Lipinski definition) is 4. The lowest BCUT2D eigenvalue weighted by atomic mass is 9.75. The molecule has 4 rings (SSSR count). The summed E-state index contributed by atoms with van der Waals surface area (Å²) in [7, 11) is 0. The lowest BCUT2D eigenvalue weighted by molar-refractivity contribution is -0.136. The maximum atomic E-state index is 13.0. The Bertz CT molecular complexity index is 909. The van der Waals surface area contributed by atoms with Crippen molar-refractivity contribution in [2.75, 3.05) is 19.6 Å². The number of piperidine rings is 2. The van der Waals surface area contributed by atoms with Crippen molar-refractivity contribution >= 4 is 17.6 Å². The summed E-state index contributed by atoms with van der Waals surface area (Å²) in [5.74, 6) is -0.132. The van der Waals surface area contributed by atoms with Gasteiger partial charge < -0.3 is 14.8 Å². The summed E-state index contributed by atoms with van der Waals surface area (Å²) in [6.45, 7) is 5.85. The van der Waals surface area contributed by atoms with Crippen LogP contribution >= 0.6 is 0 Å². The van der Waals surface area contributed by atoms with Crippen molar-refractivity contribution in [2.45, 2.75) is 64.8 Å². The first-order chi connectivity index (χ1) is 13.7. The molecule has 3 heterocycles. The predicted octanol–water partition coefficient (Wildman–Crippen LogP) is 2.15. The van der Waals surface area contributed by atoms with Crippen LogP contribution in [0.25, 0.3) is 0 Å². The van der Waals surface area contributed by atoms with Gasteiger partial charge in [-0.15, -0.1) is 0 Å². The first kappa shape index (κ1) is 19.9. The van der Waals surface area contributed by atoms with Gasteiger partial charge in [0.25, 0.3) is 11.5 Å². The van der Waals surface area contributed by atoms with Crippen LogP contribution in [0, 0.1) is 5.41 Å². The molecule has 7 nitrogen and oxygen atoms in total. The summed E-state index contributed by atoms with van der Waals surface area (Å²) in [6, 6.07) is 1.67. The molecule has 0 unspecified atom stereocenters. The largest absolute Gasteiger partial charge is 0.340 e. The van der Waals surface area contributed by atoms with E-state index in [1.165, 1.54) is 6.07 Å². The first-order valence-corrected chi connectivity index (χ1v) is 10.6. The highest BCUT2D eigenvalue weighted by molar-refractivity contribution is 6.02. The van der Waals surface area contributed by atoms with Gasteiger partial charge >= 0.3 is 0 Å². The second-order valence-corrected chi connectivity index (χ2v) is 9.41. The zero-order chi connectivity index (χ0) is 20.8. The number of H-pyrrole nitrogens is 1. The van der Waals surface area contributed by atoms with Gasteiger partial charge in [0.1, 0.15) is 5.56 Å². The zero-order valence-electron chi connectivity index (χ0n) is 17.3. The fourth-order valence-electron chi connectivity index (χ4n) is 4.95. The molecule has 0 spiro atoms. The van der Waals surface area contributed by atoms with Crippen molar-refractivity contribution in [3.63, 3.8) is 0 Å². The van der Waals surface area contributed by atoms with Crippen LogP contribution < -0.4 is 5.56 Å². The van der Waals surface area contributed by atoms with Crippen molar-refractivity contribution in [3.8, 4) is 0 Å². The quantitative estimate of drug-likeness (QED) is 0.825. The molecule has 0 atom stereocenters. The van der Waals surface area contributed by atoms with E-state index in [-0.39, 0.29) is 34.6 Å². The average Bonchev–Trinajstić information content (AvgIpc) is 2.67. The van der Waals surface area contributed by atoms with Crippen molar-refractivity contribution in [3.05, 3.63) is 33.2 Å². The number of rotatable bonds is 2. The molecule has 1 N–H and O–H groups in total. The van der Waals surface area contributed by atoms with E-state index < -0.39 is 5.56 Å². The summed E-state index contributed by atoms with van der Waals surface area (Å²) in [5.41, 5.74) is 0.542. The monoisotopic (exact) mass is 399 g/mol. The fraction of sp³-hybridized carbons (Fsp3) is 0.636. The van der Waals surface area contributed by atoms with E-state index in [1.807, 2.05) is 18.7 Å². The summed E-state index contributed by atoms with van der Waals surface area (Å²) in [5, 5.41) is 0. The van der Waals surface area contributed by atoms with Gasteiger partial charge in [-0.05, 0) is 43.6 Å². The summed E-state index contributed by atoms with van der Waals surface area (Å²) < 4.78 is 0. The standard InChI is InChI=1S/C22H29N3O4/c1-22(2)12-17-15(18(26)13-22)11-16(20(28)23-17)21(29)24-9-6-14(7-10-24)25-8-4-3-5-19(25)27/h11,14H,3-10,12-13H2,1-2H3,(H,23,28). The van der Waals surface area contributed by atoms with Crippen LogP contribution in [0.5, 0.6) is 0 Å². The Labute approximate surface area is 170 Å². The zero-order valence-corrected chi connectivity index (χ0v) is 17.3. The van der Waals surface area contributed by atoms with Gasteiger partial charge in [-0.3, -0.25) is 19.2 Å². The smallest absolute Gasteiger partial charge is 0.261 e. The number of aromatic amines is 1. The number of amides is 2. The fourth-order valence-corrected chi connectivity index (χ4v) is 4.95. The maximum Gasteiger partial charge on any atom is 0.261 e. The van der Waals surface area contributed by atoms with E-state index in [9.17, 15) is 19.2 Å². The van der Waals surface area contributed by atoms with E-state index in [0.717, 1.165) is 32.2 Å². The number of carbonyl (C=O) groups excluding carboxylic acids is 3. The van der Waals surface area contributed by atoms with E-state index in [4.69, 9.17) is 0 Å². The van der Waals surface area contributed by atoms with Crippen molar-refractivity contribution in [1.29, 1.82) is 0 Å². The number of carbonyl (C=O) groups is 3. The van der Waals surface area contributed by atoms with Gasteiger partial charge in [-0.2, -0.15) is 0 Å². The third-order valence-corrected chi connectivity index (χ3v) is 6.50. The molecule has 7 heteroatoms. The molecule has 0 aromatic carbocycles. The van der Waals surface area contributed by atoms with E-state index in [0.29, 0.717) is 43.6 Å². The molecule has 0 radical (unpaired) electrons. The minimum atomic E-state index is -0.424. The van der Waals surface area contributed by atoms with Gasteiger partial charge in [0.05, 0.1) is 0 Å². The van der Waals surface area contributed by atoms with Gasteiger partial charge in [-0.1, -0.05) is 13.8 Å². The van der Waals surface area contributed by atoms with Crippen LogP contribution in [0.3, 0.4) is 0 Å². The van der Waals surface area contributed by atoms with Crippen molar-refractivity contribution < 1.29 is 14.4 Å². The Balaban J connectivity index is 1.48. The third-order valence-electron chi connectivity index (χ3n) is 6.50. The molecule has 2 amide bonds. The average molecular weight is 399 g/mol. The Hall–Kier alpha value is -2.44. The summed E-state index contributed by atoms with van der Waals surface area (Å²) in [6.07, 6.45) is 5.11. The van der Waals surface area contributed by atoms with Crippen LogP contribution in [0.15, 0.2) is 10.9 Å². The molecule has 2 fully saturated rings. The SMILES string of the molecule is CC1(C)CC(=O)c2cc(C(=O)N3CCC(N4CCCCC4=O)CC3)c(=O)[nH]c2C1. The number of ketones is 1. The number of nitrogens with one attached hydrogen (secondary N) is 1. The molecule has 2 aliphatic heterocycles. The molecular formula is C22H29N3O4. The lowest BCUT2D eigenvalue weighted by Crippen LogP contribution is -2.50. The van der Waals surface area contributed by atoms with E-state index >= 15 is 0 Å². The predicted molar refractivity (Wildman–Crippen MR) is 108 cm³/mol. The van der Waals surface area contributed by atoms with Crippen molar-refractivity contribution in [1.82, 2.24) is 14.8 Å². The second-order valence-electron chi connectivity index (χ2n) is 9.41. The van der Waals surface area contributed by atoms with E-state index in [1.54, 1.807) is 4.90 Å². The molecule has 156 valence electrons. The molecule has 1 aromatic heterocycles. The van der Waals surface area contributed by atoms with Gasteiger partial charge in [0.2, 0.25) is 5.91 Å². The highest BCUT2D eigenvalue weighted by atomic mass is 16.2. The van der Waals surface area contributed by atoms with E-state index in [2.05, 4.69) is 4.98 Å². The maximum absolute atomic E-state index is 13.0. The van der Waals surface area contributed by atoms with Gasteiger partial charge in [-0.25, -0.2) is 0 Å². The molecule has 1 aliphatic carbocycles. The Morgan fingerprint density at radius 1 is 1.07 bits per heavy atom. The van der Waals surface area contributed by atoms with Gasteiger partial charge in [0, 0.05) is 49.8 Å². The minimum Gasteiger partial charge on any atom is -0.340 e. The van der Waals surface area contributed by atoms with Crippen LogP contribution in [-0.2, 0) is 11.2 Å². The van der Waals surface area contributed by atoms with Crippen LogP contribution in [0.2, 0.25) is 0 Å². The number of Topliss-reactive ketones (excluding diaryl/α,β-unsaturated/α-hetero) is 1. The van der Waals surface area contributed by atoms with Crippen molar-refractivity contribution in [2.24, 2.45) is 5.41 Å². The lowest BCUT2D eigenvalue weighted by Gasteiger charge is -2.40. The number of hydrogen-bond donors (Lipinski definition) is 1. The first-order valence-electron chi connectivity index (χ1n) is 10.6. The highest BCUT2D eigenvalue weighted by Crippen LogP contribution is 2.33. The number of aromatic nitrogens is 1. The van der Waals surface area contributed by atoms with Crippen LogP contribution in [0.1, 0.15) is 78.8 Å². The normalized spacial score (nSPS) is 22.6. The molecule has 0 bridgehead atoms. The molecule has 1 aromatic rings. The Morgan fingerprint density at radius 2 is 1.79 bits per heavy atom. The third kappa shape index (κ3) is 3.87.